The van der Waals surface area contributed by atoms with Crippen LogP contribution in [0.25, 0.3) is 22.0 Å². The number of amides is 2. The number of nitrogens with one attached hydrogen (secondary N) is 1. The second-order valence-corrected chi connectivity index (χ2v) is 10.5. The quantitative estimate of drug-likeness (QED) is 0.618. The molecule has 2 amide bonds. The van der Waals surface area contributed by atoms with Crippen molar-refractivity contribution in [2.24, 2.45) is 16.8 Å². The van der Waals surface area contributed by atoms with Gasteiger partial charge in [-0.2, -0.15) is 0 Å². The molecule has 1 N–H and O–H groups in total. The fourth-order valence-electron chi connectivity index (χ4n) is 5.26. The molecule has 1 aliphatic carbocycles. The number of aromatic amines is 1. The van der Waals surface area contributed by atoms with Crippen molar-refractivity contribution in [2.45, 2.75) is 38.6 Å². The van der Waals surface area contributed by atoms with E-state index in [-0.39, 0.29) is 17.7 Å². The highest BCUT2D eigenvalue weighted by Gasteiger charge is 2.43. The molecule has 2 aromatic carbocycles. The number of hydrogen-bond donors (Lipinski definition) is 1. The van der Waals surface area contributed by atoms with Crippen LogP contribution < -0.4 is 0 Å². The van der Waals surface area contributed by atoms with Crippen LogP contribution in [0.5, 0.6) is 0 Å². The molecule has 3 aromatic rings. The van der Waals surface area contributed by atoms with Gasteiger partial charge in [0.2, 0.25) is 5.91 Å². The van der Waals surface area contributed by atoms with Crippen molar-refractivity contribution in [2.75, 3.05) is 19.6 Å². The number of fused-ring (bicyclic) bond motifs is 1. The predicted molar refractivity (Wildman–Crippen MR) is 133 cm³/mol. The molecule has 6 nitrogen and oxygen atoms in total. The number of carbonyl (C=O) groups is 2. The van der Waals surface area contributed by atoms with Gasteiger partial charge in [-0.05, 0) is 73.7 Å². The van der Waals surface area contributed by atoms with E-state index in [2.05, 4.69) is 53.5 Å². The van der Waals surface area contributed by atoms with Crippen LogP contribution >= 0.6 is 0 Å². The minimum Gasteiger partial charge on any atom is -0.361 e. The van der Waals surface area contributed by atoms with E-state index < -0.39 is 5.54 Å². The Morgan fingerprint density at radius 3 is 2.53 bits per heavy atom. The predicted octanol–water partition coefficient (Wildman–Crippen LogP) is 4.46. The molecule has 1 aromatic heterocycles. The van der Waals surface area contributed by atoms with E-state index in [1.54, 1.807) is 0 Å². The number of aromatic nitrogens is 1. The molecule has 174 valence electrons. The summed E-state index contributed by atoms with van der Waals surface area (Å²) in [5.41, 5.74) is 3.60. The molecular formula is C28H30N4O2. The Balaban J connectivity index is 1.22. The molecule has 2 fully saturated rings. The number of likely N-dealkylation sites (tertiary alicyclic amines) is 1. The lowest BCUT2D eigenvalue weighted by atomic mass is 10.0. The Hall–Kier alpha value is -3.41. The maximum absolute atomic E-state index is 13.2. The number of aliphatic imine (C=N–C) groups is 1. The first-order chi connectivity index (χ1) is 16.4. The average Bonchev–Trinajstić information content (AvgIpc) is 3.31. The third-order valence-corrected chi connectivity index (χ3v) is 7.40. The van der Waals surface area contributed by atoms with E-state index in [1.165, 1.54) is 5.39 Å². The van der Waals surface area contributed by atoms with Gasteiger partial charge >= 0.3 is 0 Å². The molecular weight excluding hydrogens is 424 g/mol. The normalized spacial score (nSPS) is 22.0. The Bertz CT molecular complexity index is 1300. The fourth-order valence-corrected chi connectivity index (χ4v) is 5.26. The van der Waals surface area contributed by atoms with Crippen LogP contribution in [0.4, 0.5) is 0 Å². The zero-order valence-electron chi connectivity index (χ0n) is 19.8. The molecule has 1 atom stereocenters. The number of hydrogen-bond acceptors (Lipinski definition) is 3. The monoisotopic (exact) mass is 454 g/mol. The van der Waals surface area contributed by atoms with Crippen molar-refractivity contribution in [1.82, 2.24) is 14.8 Å². The maximum Gasteiger partial charge on any atom is 0.255 e. The highest BCUT2D eigenvalue weighted by molar-refractivity contribution is 6.15. The van der Waals surface area contributed by atoms with Crippen LogP contribution in [-0.4, -0.2) is 57.6 Å². The van der Waals surface area contributed by atoms with E-state index in [9.17, 15) is 9.59 Å². The van der Waals surface area contributed by atoms with Crippen LogP contribution in [0.3, 0.4) is 0 Å². The molecule has 6 rings (SSSR count). The van der Waals surface area contributed by atoms with Gasteiger partial charge in [-0.3, -0.25) is 19.5 Å². The molecule has 0 radical (unpaired) electrons. The Morgan fingerprint density at radius 1 is 1.03 bits per heavy atom. The maximum atomic E-state index is 13.2. The topological polar surface area (TPSA) is 68.8 Å². The molecule has 3 aliphatic rings. The Kier molecular flexibility index (Phi) is 4.87. The van der Waals surface area contributed by atoms with Gasteiger partial charge in [-0.25, -0.2) is 0 Å². The molecule has 2 aliphatic heterocycles. The van der Waals surface area contributed by atoms with Crippen molar-refractivity contribution in [3.05, 3.63) is 60.3 Å². The first-order valence-electron chi connectivity index (χ1n) is 12.3. The van der Waals surface area contributed by atoms with Gasteiger partial charge < -0.3 is 9.88 Å². The summed E-state index contributed by atoms with van der Waals surface area (Å²) in [5, 5.41) is 1.19. The summed E-state index contributed by atoms with van der Waals surface area (Å²) in [4.78, 5) is 37.6. The van der Waals surface area contributed by atoms with Crippen LogP contribution in [-0.2, 0) is 9.59 Å². The summed E-state index contributed by atoms with van der Waals surface area (Å²) in [6.45, 7) is 5.92. The van der Waals surface area contributed by atoms with Crippen LogP contribution in [0.2, 0.25) is 0 Å². The Morgan fingerprint density at radius 2 is 1.76 bits per heavy atom. The Labute approximate surface area is 199 Å². The second kappa shape index (κ2) is 7.83. The summed E-state index contributed by atoms with van der Waals surface area (Å²) in [6.07, 6.45) is 4.96. The van der Waals surface area contributed by atoms with E-state index in [4.69, 9.17) is 4.99 Å². The number of H-pyrrole nitrogens is 1. The van der Waals surface area contributed by atoms with Gasteiger partial charge in [-0.1, -0.05) is 30.3 Å². The van der Waals surface area contributed by atoms with Gasteiger partial charge in [0.1, 0.15) is 11.4 Å². The fraction of sp³-hybridized carbons (Fsp3) is 0.393. The average molecular weight is 455 g/mol. The van der Waals surface area contributed by atoms with Gasteiger partial charge in [0, 0.05) is 42.8 Å². The van der Waals surface area contributed by atoms with Crippen molar-refractivity contribution in [3.63, 3.8) is 0 Å². The summed E-state index contributed by atoms with van der Waals surface area (Å²) < 4.78 is 0. The third-order valence-electron chi connectivity index (χ3n) is 7.40. The number of rotatable bonds is 5. The van der Waals surface area contributed by atoms with Crippen molar-refractivity contribution in [3.8, 4) is 11.1 Å². The summed E-state index contributed by atoms with van der Waals surface area (Å²) in [5.74, 6) is 1.63. The SMILES string of the molecule is CC1(C)N=C(c2ccc(-c3ccc4[nH]ccc4c3)cc2)N(C[C@@H]2CCN(C(=O)C3CC3)C2)C1=O. The third kappa shape index (κ3) is 3.71. The van der Waals surface area contributed by atoms with Gasteiger partial charge in [0.25, 0.3) is 5.91 Å². The number of carbonyl (C=O) groups excluding carboxylic acids is 2. The highest BCUT2D eigenvalue weighted by Crippen LogP contribution is 2.34. The lowest BCUT2D eigenvalue weighted by molar-refractivity contribution is -0.131. The van der Waals surface area contributed by atoms with Gasteiger partial charge in [0.15, 0.2) is 0 Å². The van der Waals surface area contributed by atoms with E-state index in [0.29, 0.717) is 12.5 Å². The first-order valence-corrected chi connectivity index (χ1v) is 12.3. The lowest BCUT2D eigenvalue weighted by Gasteiger charge is -2.24. The summed E-state index contributed by atoms with van der Waals surface area (Å²) in [6, 6.07) is 16.8. The molecule has 34 heavy (non-hydrogen) atoms. The molecule has 0 bridgehead atoms. The number of nitrogens with zero attached hydrogens (tertiary/aromatic N) is 3. The van der Waals surface area contributed by atoms with Crippen LogP contribution in [0, 0.1) is 11.8 Å². The molecule has 6 heteroatoms. The van der Waals surface area contributed by atoms with Crippen LogP contribution in [0.15, 0.2) is 59.7 Å². The molecule has 1 saturated heterocycles. The van der Waals surface area contributed by atoms with E-state index in [1.807, 2.05) is 29.8 Å². The largest absolute Gasteiger partial charge is 0.361 e. The van der Waals surface area contributed by atoms with Crippen LogP contribution in [0.1, 0.15) is 38.7 Å². The van der Waals surface area contributed by atoms with Gasteiger partial charge in [0.05, 0.1) is 0 Å². The van der Waals surface area contributed by atoms with Crippen molar-refractivity contribution >= 4 is 28.6 Å². The lowest BCUT2D eigenvalue weighted by Crippen LogP contribution is -2.42. The minimum absolute atomic E-state index is 0.0384. The van der Waals surface area contributed by atoms with Gasteiger partial charge in [-0.15, -0.1) is 0 Å². The van der Waals surface area contributed by atoms with Crippen molar-refractivity contribution < 1.29 is 9.59 Å². The number of amidine groups is 1. The molecule has 0 spiro atoms. The van der Waals surface area contributed by atoms with Crippen molar-refractivity contribution in [1.29, 1.82) is 0 Å². The summed E-state index contributed by atoms with van der Waals surface area (Å²) >= 11 is 0. The summed E-state index contributed by atoms with van der Waals surface area (Å²) in [7, 11) is 0. The number of benzene rings is 2. The molecule has 3 heterocycles. The molecule has 0 unspecified atom stereocenters. The zero-order chi connectivity index (χ0) is 23.4. The van der Waals surface area contributed by atoms with E-state index in [0.717, 1.165) is 60.4 Å². The van der Waals surface area contributed by atoms with E-state index >= 15 is 0 Å². The molecule has 1 saturated carbocycles. The smallest absolute Gasteiger partial charge is 0.255 e. The zero-order valence-corrected chi connectivity index (χ0v) is 19.8. The minimum atomic E-state index is -0.768. The standard InChI is InChI=1S/C28H30N4O2/c1-28(2)27(34)32(17-18-12-14-31(16-18)26(33)21-7-8-21)25(30-28)20-5-3-19(4-6-20)22-9-10-24-23(15-22)11-13-29-24/h3-6,9-11,13,15,18,21,29H,7-8,12,14,16-17H2,1-2H3/t18-/m1/s1. The first kappa shape index (κ1) is 21.1. The highest BCUT2D eigenvalue weighted by atomic mass is 16.2. The second-order valence-electron chi connectivity index (χ2n) is 10.5.